The van der Waals surface area contributed by atoms with E-state index in [1.54, 1.807) is 0 Å². The van der Waals surface area contributed by atoms with E-state index in [4.69, 9.17) is 0 Å². The number of rotatable bonds is 3. The Hall–Kier alpha value is -0.0800. The molecule has 1 fully saturated rings. The molecule has 1 N–H and O–H groups in total. The molecule has 0 bridgehead atoms. The lowest BCUT2D eigenvalue weighted by Gasteiger charge is -2.43. The Balaban J connectivity index is 2.43. The maximum atomic E-state index is 9.77. The van der Waals surface area contributed by atoms with Gasteiger partial charge in [-0.1, -0.05) is 20.8 Å². The van der Waals surface area contributed by atoms with Crippen LogP contribution in [-0.2, 0) is 0 Å². The molecular weight excluding hydrogens is 186 g/mol. The fourth-order valence-electron chi connectivity index (χ4n) is 2.35. The van der Waals surface area contributed by atoms with Gasteiger partial charge in [0.15, 0.2) is 0 Å². The quantitative estimate of drug-likeness (QED) is 0.778. The Morgan fingerprint density at radius 2 is 1.73 bits per heavy atom. The van der Waals surface area contributed by atoms with Crippen LogP contribution < -0.4 is 0 Å². The van der Waals surface area contributed by atoms with Gasteiger partial charge in [-0.15, -0.1) is 0 Å². The molecule has 0 aromatic heterocycles. The second kappa shape index (κ2) is 4.42. The molecule has 2 nitrogen and oxygen atoms in total. The zero-order chi connectivity index (χ0) is 11.7. The summed E-state index contributed by atoms with van der Waals surface area (Å²) in [5.41, 5.74) is -0.0400. The van der Waals surface area contributed by atoms with E-state index in [2.05, 4.69) is 25.7 Å². The molecule has 90 valence electrons. The predicted octanol–water partition coefficient (Wildman–Crippen LogP) is 2.52. The Labute approximate surface area is 94.7 Å². The van der Waals surface area contributed by atoms with Crippen molar-refractivity contribution < 1.29 is 5.11 Å². The number of hydrogen-bond donors (Lipinski definition) is 1. The van der Waals surface area contributed by atoms with Crippen molar-refractivity contribution in [1.82, 2.24) is 4.90 Å². The van der Waals surface area contributed by atoms with Crippen molar-refractivity contribution in [3.8, 4) is 0 Å². The number of piperidine rings is 1. The lowest BCUT2D eigenvalue weighted by atomic mass is 9.72. The van der Waals surface area contributed by atoms with Crippen LogP contribution in [0.3, 0.4) is 0 Å². The zero-order valence-electron chi connectivity index (χ0n) is 11.0. The van der Waals surface area contributed by atoms with Crippen molar-refractivity contribution in [1.29, 1.82) is 0 Å². The molecule has 0 aliphatic carbocycles. The van der Waals surface area contributed by atoms with Gasteiger partial charge in [-0.05, 0) is 51.1 Å². The van der Waals surface area contributed by atoms with E-state index in [0.29, 0.717) is 5.41 Å². The van der Waals surface area contributed by atoms with E-state index >= 15 is 0 Å². The summed E-state index contributed by atoms with van der Waals surface area (Å²) < 4.78 is 0. The van der Waals surface area contributed by atoms with E-state index in [0.717, 1.165) is 25.6 Å². The maximum absolute atomic E-state index is 9.77. The van der Waals surface area contributed by atoms with Crippen LogP contribution in [0.4, 0.5) is 0 Å². The van der Waals surface area contributed by atoms with Crippen molar-refractivity contribution in [2.75, 3.05) is 19.6 Å². The summed E-state index contributed by atoms with van der Waals surface area (Å²) in [6, 6.07) is 0. The van der Waals surface area contributed by atoms with Crippen LogP contribution in [0, 0.1) is 11.3 Å². The molecule has 0 spiro atoms. The van der Waals surface area contributed by atoms with Crippen LogP contribution in [0.1, 0.15) is 47.5 Å². The standard InChI is InChI=1S/C13H27NO/c1-11(2)13(5)6-8-14(9-7-13)10-12(3,4)15/h11,15H,6-10H2,1-5H3. The monoisotopic (exact) mass is 213 g/mol. The highest BCUT2D eigenvalue weighted by Gasteiger charge is 2.33. The average Bonchev–Trinajstić information content (AvgIpc) is 2.07. The molecule has 0 atom stereocenters. The van der Waals surface area contributed by atoms with E-state index in [1.807, 2.05) is 13.8 Å². The Kier molecular flexibility index (Phi) is 3.83. The Morgan fingerprint density at radius 1 is 1.27 bits per heavy atom. The third-order valence-electron chi connectivity index (χ3n) is 4.00. The van der Waals surface area contributed by atoms with Crippen LogP contribution in [0.25, 0.3) is 0 Å². The van der Waals surface area contributed by atoms with Gasteiger partial charge in [0.1, 0.15) is 0 Å². The molecular formula is C13H27NO. The van der Waals surface area contributed by atoms with Crippen molar-refractivity contribution in [2.45, 2.75) is 53.1 Å². The number of β-amino-alcohol motifs (C(OH)–C–C–N with tert-alkyl or cyclic N) is 1. The van der Waals surface area contributed by atoms with Gasteiger partial charge >= 0.3 is 0 Å². The van der Waals surface area contributed by atoms with Crippen LogP contribution >= 0.6 is 0 Å². The minimum atomic E-state index is -0.550. The largest absolute Gasteiger partial charge is 0.389 e. The third kappa shape index (κ3) is 3.76. The molecule has 0 saturated carbocycles. The van der Waals surface area contributed by atoms with Crippen LogP contribution in [0.15, 0.2) is 0 Å². The Morgan fingerprint density at radius 3 is 2.07 bits per heavy atom. The van der Waals surface area contributed by atoms with Gasteiger partial charge in [0.05, 0.1) is 5.60 Å². The van der Waals surface area contributed by atoms with Crippen LogP contribution in [-0.4, -0.2) is 35.2 Å². The van der Waals surface area contributed by atoms with E-state index in [9.17, 15) is 5.11 Å². The van der Waals surface area contributed by atoms with Crippen LogP contribution in [0.2, 0.25) is 0 Å². The van der Waals surface area contributed by atoms with Crippen LogP contribution in [0.5, 0.6) is 0 Å². The molecule has 0 aromatic carbocycles. The van der Waals surface area contributed by atoms with E-state index in [-0.39, 0.29) is 0 Å². The molecule has 0 radical (unpaired) electrons. The zero-order valence-corrected chi connectivity index (χ0v) is 11.0. The molecule has 1 heterocycles. The van der Waals surface area contributed by atoms with Gasteiger partial charge in [0, 0.05) is 6.54 Å². The second-order valence-electron chi connectivity index (χ2n) is 6.40. The molecule has 1 saturated heterocycles. The first-order valence-electron chi connectivity index (χ1n) is 6.18. The topological polar surface area (TPSA) is 23.5 Å². The average molecular weight is 213 g/mol. The summed E-state index contributed by atoms with van der Waals surface area (Å²) in [6.45, 7) is 13.9. The molecule has 1 aliphatic heterocycles. The summed E-state index contributed by atoms with van der Waals surface area (Å²) in [4.78, 5) is 2.39. The van der Waals surface area contributed by atoms with E-state index in [1.165, 1.54) is 12.8 Å². The lowest BCUT2D eigenvalue weighted by molar-refractivity contribution is 0.00397. The molecule has 1 aliphatic rings. The van der Waals surface area contributed by atoms with Gasteiger partial charge in [0.25, 0.3) is 0 Å². The summed E-state index contributed by atoms with van der Waals surface area (Å²) in [6.07, 6.45) is 2.53. The van der Waals surface area contributed by atoms with E-state index < -0.39 is 5.60 Å². The summed E-state index contributed by atoms with van der Waals surface area (Å²) in [5.74, 6) is 0.766. The van der Waals surface area contributed by atoms with Crippen molar-refractivity contribution >= 4 is 0 Å². The maximum Gasteiger partial charge on any atom is 0.0718 e. The van der Waals surface area contributed by atoms with Crippen molar-refractivity contribution in [2.24, 2.45) is 11.3 Å². The molecule has 1 rings (SSSR count). The number of likely N-dealkylation sites (tertiary alicyclic amines) is 1. The minimum absolute atomic E-state index is 0.510. The minimum Gasteiger partial charge on any atom is -0.389 e. The normalized spacial score (nSPS) is 23.4. The van der Waals surface area contributed by atoms with Crippen molar-refractivity contribution in [3.05, 3.63) is 0 Å². The predicted molar refractivity (Wildman–Crippen MR) is 64.9 cm³/mol. The molecule has 0 amide bonds. The SMILES string of the molecule is CC(C)C1(C)CCN(CC(C)(C)O)CC1. The summed E-state index contributed by atoms with van der Waals surface area (Å²) in [7, 11) is 0. The van der Waals surface area contributed by atoms with Gasteiger partial charge < -0.3 is 10.0 Å². The first-order valence-corrected chi connectivity index (χ1v) is 6.18. The first-order chi connectivity index (χ1) is 6.73. The smallest absolute Gasteiger partial charge is 0.0718 e. The summed E-state index contributed by atoms with van der Waals surface area (Å²) >= 11 is 0. The fourth-order valence-corrected chi connectivity index (χ4v) is 2.35. The highest BCUT2D eigenvalue weighted by molar-refractivity contribution is 4.86. The first kappa shape index (κ1) is 13.0. The summed E-state index contributed by atoms with van der Waals surface area (Å²) in [5, 5.41) is 9.77. The van der Waals surface area contributed by atoms with Gasteiger partial charge in [0.2, 0.25) is 0 Å². The molecule has 15 heavy (non-hydrogen) atoms. The number of aliphatic hydroxyl groups is 1. The van der Waals surface area contributed by atoms with Gasteiger partial charge in [-0.25, -0.2) is 0 Å². The Bertz CT molecular complexity index is 197. The lowest BCUT2D eigenvalue weighted by Crippen LogP contribution is -2.46. The van der Waals surface area contributed by atoms with Gasteiger partial charge in [-0.2, -0.15) is 0 Å². The van der Waals surface area contributed by atoms with Crippen molar-refractivity contribution in [3.63, 3.8) is 0 Å². The second-order valence-corrected chi connectivity index (χ2v) is 6.40. The molecule has 2 heteroatoms. The third-order valence-corrected chi connectivity index (χ3v) is 4.00. The highest BCUT2D eigenvalue weighted by Crippen LogP contribution is 2.38. The number of hydrogen-bond acceptors (Lipinski definition) is 2. The number of nitrogens with zero attached hydrogens (tertiary/aromatic N) is 1. The highest BCUT2D eigenvalue weighted by atomic mass is 16.3. The molecule has 0 aromatic rings. The van der Waals surface area contributed by atoms with Gasteiger partial charge in [-0.3, -0.25) is 0 Å². The fraction of sp³-hybridized carbons (Fsp3) is 1.00. The molecule has 0 unspecified atom stereocenters.